The molecule has 0 saturated heterocycles. The quantitative estimate of drug-likeness (QED) is 0.845. The number of carbonyl (C=O) groups excluding carboxylic acids is 1. The average molecular weight is 292 g/mol. The molecular formula is C17H28N2O2. The van der Waals surface area contributed by atoms with Gasteiger partial charge in [0.25, 0.3) is 0 Å². The number of rotatable bonds is 6. The predicted molar refractivity (Wildman–Crippen MR) is 86.4 cm³/mol. The normalized spacial score (nSPS) is 14.6. The fourth-order valence-corrected chi connectivity index (χ4v) is 2.01. The summed E-state index contributed by atoms with van der Waals surface area (Å²) in [6, 6.07) is 6.25. The number of ether oxygens (including phenoxy) is 1. The largest absolute Gasteiger partial charge is 0.493 e. The molecule has 0 radical (unpaired) electrons. The molecule has 0 aliphatic carbocycles. The van der Waals surface area contributed by atoms with E-state index in [0.717, 1.165) is 12.2 Å². The lowest BCUT2D eigenvalue weighted by atomic mass is 9.85. The molecule has 1 unspecified atom stereocenters. The highest BCUT2D eigenvalue weighted by Crippen LogP contribution is 2.32. The second-order valence-electron chi connectivity index (χ2n) is 6.81. The number of carbonyl (C=O) groups is 1. The summed E-state index contributed by atoms with van der Waals surface area (Å²) < 4.78 is 5.86. The number of hydrogen-bond donors (Lipinski definition) is 2. The Bertz CT molecular complexity index is 502. The summed E-state index contributed by atoms with van der Waals surface area (Å²) in [7, 11) is 0. The van der Waals surface area contributed by atoms with Gasteiger partial charge in [0.15, 0.2) is 0 Å². The van der Waals surface area contributed by atoms with Gasteiger partial charge < -0.3 is 16.2 Å². The molecule has 0 spiro atoms. The predicted octanol–water partition coefficient (Wildman–Crippen LogP) is 2.52. The van der Waals surface area contributed by atoms with Crippen molar-refractivity contribution in [1.29, 1.82) is 0 Å². The van der Waals surface area contributed by atoms with Crippen LogP contribution in [0.3, 0.4) is 0 Å². The Kier molecular flexibility index (Phi) is 5.40. The Morgan fingerprint density at radius 2 is 1.86 bits per heavy atom. The van der Waals surface area contributed by atoms with Gasteiger partial charge in [-0.1, -0.05) is 39.8 Å². The van der Waals surface area contributed by atoms with Crippen molar-refractivity contribution in [2.24, 2.45) is 11.5 Å². The van der Waals surface area contributed by atoms with E-state index in [-0.39, 0.29) is 5.41 Å². The van der Waals surface area contributed by atoms with E-state index in [4.69, 9.17) is 16.2 Å². The summed E-state index contributed by atoms with van der Waals surface area (Å²) in [6.07, 6.45) is 1.38. The maximum absolute atomic E-state index is 11.2. The maximum atomic E-state index is 11.2. The zero-order valence-electron chi connectivity index (χ0n) is 13.8. The third-order valence-corrected chi connectivity index (χ3v) is 3.70. The standard InChI is InChI=1S/C17H28N2O2/c1-6-12-7-8-14(13(11-12)16(2,3)4)21-10-9-17(5,19)15(18)20/h7-8,11H,6,9-10,19H2,1-5H3,(H2,18,20). The zero-order chi connectivity index (χ0) is 16.3. The molecule has 1 aromatic carbocycles. The molecule has 0 aromatic heterocycles. The Labute approximate surface area is 127 Å². The van der Waals surface area contributed by atoms with Gasteiger partial charge in [0, 0.05) is 6.42 Å². The summed E-state index contributed by atoms with van der Waals surface area (Å²) in [5.41, 5.74) is 12.5. The zero-order valence-corrected chi connectivity index (χ0v) is 13.8. The SMILES string of the molecule is CCc1ccc(OCCC(C)(N)C(N)=O)c(C(C)(C)C)c1. The lowest BCUT2D eigenvalue weighted by Gasteiger charge is -2.25. The Morgan fingerprint density at radius 1 is 1.24 bits per heavy atom. The molecule has 0 bridgehead atoms. The molecule has 0 fully saturated rings. The summed E-state index contributed by atoms with van der Waals surface area (Å²) in [4.78, 5) is 11.2. The van der Waals surface area contributed by atoms with Gasteiger partial charge in [-0.05, 0) is 36.0 Å². The highest BCUT2D eigenvalue weighted by molar-refractivity contribution is 5.83. The molecule has 118 valence electrons. The van der Waals surface area contributed by atoms with E-state index in [2.05, 4.69) is 39.8 Å². The molecule has 4 nitrogen and oxygen atoms in total. The summed E-state index contributed by atoms with van der Waals surface area (Å²) in [5, 5.41) is 0. The number of nitrogens with two attached hydrogens (primary N) is 2. The molecule has 4 N–H and O–H groups in total. The van der Waals surface area contributed by atoms with Crippen LogP contribution in [0.25, 0.3) is 0 Å². The van der Waals surface area contributed by atoms with Crippen molar-refractivity contribution >= 4 is 5.91 Å². The number of amides is 1. The Morgan fingerprint density at radius 3 is 2.33 bits per heavy atom. The van der Waals surface area contributed by atoms with Gasteiger partial charge in [-0.25, -0.2) is 0 Å². The fourth-order valence-electron chi connectivity index (χ4n) is 2.01. The molecule has 1 atom stereocenters. The third kappa shape index (κ3) is 4.74. The van der Waals surface area contributed by atoms with Crippen LogP contribution >= 0.6 is 0 Å². The molecule has 1 rings (SSSR count). The highest BCUT2D eigenvalue weighted by atomic mass is 16.5. The third-order valence-electron chi connectivity index (χ3n) is 3.70. The first-order valence-electron chi connectivity index (χ1n) is 7.43. The van der Waals surface area contributed by atoms with Crippen molar-refractivity contribution in [3.63, 3.8) is 0 Å². The van der Waals surface area contributed by atoms with E-state index >= 15 is 0 Å². The van der Waals surface area contributed by atoms with E-state index < -0.39 is 11.4 Å². The van der Waals surface area contributed by atoms with E-state index in [1.165, 1.54) is 11.1 Å². The second kappa shape index (κ2) is 6.48. The van der Waals surface area contributed by atoms with Gasteiger partial charge in [0.1, 0.15) is 5.75 Å². The van der Waals surface area contributed by atoms with Crippen LogP contribution < -0.4 is 16.2 Å². The lowest BCUT2D eigenvalue weighted by Crippen LogP contribution is -2.50. The fraction of sp³-hybridized carbons (Fsp3) is 0.588. The van der Waals surface area contributed by atoms with Crippen LogP contribution in [0.1, 0.15) is 52.2 Å². The molecule has 4 heteroatoms. The van der Waals surface area contributed by atoms with Crippen molar-refractivity contribution in [1.82, 2.24) is 0 Å². The van der Waals surface area contributed by atoms with Crippen LogP contribution in [0, 0.1) is 0 Å². The van der Waals surface area contributed by atoms with Crippen molar-refractivity contribution < 1.29 is 9.53 Å². The van der Waals surface area contributed by atoms with Crippen molar-refractivity contribution in [3.05, 3.63) is 29.3 Å². The van der Waals surface area contributed by atoms with Gasteiger partial charge >= 0.3 is 0 Å². The summed E-state index contributed by atoms with van der Waals surface area (Å²) >= 11 is 0. The van der Waals surface area contributed by atoms with E-state index in [1.807, 2.05) is 6.07 Å². The van der Waals surface area contributed by atoms with E-state index in [9.17, 15) is 4.79 Å². The van der Waals surface area contributed by atoms with Crippen LogP contribution in [-0.2, 0) is 16.6 Å². The molecule has 0 heterocycles. The van der Waals surface area contributed by atoms with E-state index in [0.29, 0.717) is 13.0 Å². The van der Waals surface area contributed by atoms with Gasteiger partial charge in [-0.2, -0.15) is 0 Å². The smallest absolute Gasteiger partial charge is 0.237 e. The lowest BCUT2D eigenvalue weighted by molar-refractivity contribution is -0.123. The molecule has 0 saturated carbocycles. The van der Waals surface area contributed by atoms with Crippen LogP contribution in [0.5, 0.6) is 5.75 Å². The first-order chi connectivity index (χ1) is 9.58. The highest BCUT2D eigenvalue weighted by Gasteiger charge is 2.26. The minimum Gasteiger partial charge on any atom is -0.493 e. The molecule has 21 heavy (non-hydrogen) atoms. The first-order valence-corrected chi connectivity index (χ1v) is 7.43. The molecular weight excluding hydrogens is 264 g/mol. The van der Waals surface area contributed by atoms with Gasteiger partial charge in [-0.3, -0.25) is 4.79 Å². The minimum atomic E-state index is -1.04. The van der Waals surface area contributed by atoms with Crippen LogP contribution in [0.15, 0.2) is 18.2 Å². The number of primary amides is 1. The van der Waals surface area contributed by atoms with Crippen molar-refractivity contribution in [2.45, 2.75) is 58.4 Å². The summed E-state index contributed by atoms with van der Waals surface area (Å²) in [5.74, 6) is 0.337. The second-order valence-corrected chi connectivity index (χ2v) is 6.81. The van der Waals surface area contributed by atoms with Crippen molar-refractivity contribution in [3.8, 4) is 5.75 Å². The average Bonchev–Trinajstić information content (AvgIpc) is 2.37. The number of hydrogen-bond acceptors (Lipinski definition) is 3. The van der Waals surface area contributed by atoms with Crippen LogP contribution in [0.2, 0.25) is 0 Å². The molecule has 0 aliphatic rings. The molecule has 1 aromatic rings. The van der Waals surface area contributed by atoms with E-state index in [1.54, 1.807) is 6.92 Å². The Balaban J connectivity index is 2.87. The molecule has 0 aliphatic heterocycles. The van der Waals surface area contributed by atoms with Gasteiger partial charge in [0.05, 0.1) is 12.1 Å². The first kappa shape index (κ1) is 17.5. The maximum Gasteiger partial charge on any atom is 0.237 e. The number of aryl methyl sites for hydroxylation is 1. The summed E-state index contributed by atoms with van der Waals surface area (Å²) in [6.45, 7) is 10.6. The van der Waals surface area contributed by atoms with Gasteiger partial charge in [0.2, 0.25) is 5.91 Å². The van der Waals surface area contributed by atoms with Crippen molar-refractivity contribution in [2.75, 3.05) is 6.61 Å². The topological polar surface area (TPSA) is 78.3 Å². The molecule has 1 amide bonds. The van der Waals surface area contributed by atoms with Crippen LogP contribution in [-0.4, -0.2) is 18.1 Å². The number of benzene rings is 1. The Hall–Kier alpha value is -1.55. The van der Waals surface area contributed by atoms with Gasteiger partial charge in [-0.15, -0.1) is 0 Å². The van der Waals surface area contributed by atoms with Crippen LogP contribution in [0.4, 0.5) is 0 Å². The minimum absolute atomic E-state index is 0.00375. The monoisotopic (exact) mass is 292 g/mol.